The molecule has 3 heteroatoms. The van der Waals surface area contributed by atoms with Gasteiger partial charge < -0.3 is 4.40 Å². The maximum atomic E-state index is 4.87. The van der Waals surface area contributed by atoms with Crippen LogP contribution in [0.5, 0.6) is 0 Å². The summed E-state index contributed by atoms with van der Waals surface area (Å²) in [6.45, 7) is 8.81. The van der Waals surface area contributed by atoms with Crippen molar-refractivity contribution in [2.24, 2.45) is 10.9 Å². The minimum absolute atomic E-state index is 0.646. The molecule has 0 N–H and O–H groups in total. The summed E-state index contributed by atoms with van der Waals surface area (Å²) in [5.41, 5.74) is 8.68. The van der Waals surface area contributed by atoms with Crippen LogP contribution in [0.2, 0.25) is 0 Å². The number of aliphatic imine (C=N–C) groups is 1. The Morgan fingerprint density at radius 2 is 1.95 bits per heavy atom. The highest BCUT2D eigenvalue weighted by atomic mass is 15.0. The minimum atomic E-state index is 0.646. The first-order valence-corrected chi connectivity index (χ1v) is 6.96. The second-order valence-electron chi connectivity index (χ2n) is 5.85. The lowest BCUT2D eigenvalue weighted by Gasteiger charge is -2.19. The van der Waals surface area contributed by atoms with Crippen LogP contribution in [0.4, 0.5) is 0 Å². The van der Waals surface area contributed by atoms with Crippen LogP contribution in [0.1, 0.15) is 41.4 Å². The molecule has 1 unspecified atom stereocenters. The third-order valence-corrected chi connectivity index (χ3v) is 4.45. The van der Waals surface area contributed by atoms with Gasteiger partial charge >= 0.3 is 0 Å². The first-order chi connectivity index (χ1) is 9.02. The van der Waals surface area contributed by atoms with Gasteiger partial charge in [0.25, 0.3) is 0 Å². The summed E-state index contributed by atoms with van der Waals surface area (Å²) in [6.07, 6.45) is 4.37. The predicted octanol–water partition coefficient (Wildman–Crippen LogP) is 3.26. The zero-order chi connectivity index (χ0) is 13.7. The average Bonchev–Trinajstić information content (AvgIpc) is 2.74. The van der Waals surface area contributed by atoms with Gasteiger partial charge in [-0.05, 0) is 56.2 Å². The van der Waals surface area contributed by atoms with E-state index in [4.69, 9.17) is 4.98 Å². The van der Waals surface area contributed by atoms with E-state index in [1.54, 1.807) is 0 Å². The summed E-state index contributed by atoms with van der Waals surface area (Å²) < 4.78 is 2.29. The molecule has 0 bridgehead atoms. The van der Waals surface area contributed by atoms with Gasteiger partial charge in [0.2, 0.25) is 0 Å². The van der Waals surface area contributed by atoms with E-state index in [0.29, 0.717) is 5.92 Å². The summed E-state index contributed by atoms with van der Waals surface area (Å²) in [5, 5.41) is 0. The quantitative estimate of drug-likeness (QED) is 0.710. The summed E-state index contributed by atoms with van der Waals surface area (Å²) in [5.74, 6) is 0.646. The first-order valence-electron chi connectivity index (χ1n) is 6.96. The van der Waals surface area contributed by atoms with Crippen LogP contribution >= 0.6 is 0 Å². The van der Waals surface area contributed by atoms with Gasteiger partial charge in [-0.25, -0.2) is 4.98 Å². The molecule has 19 heavy (non-hydrogen) atoms. The Bertz CT molecular complexity index is 692. The largest absolute Gasteiger partial charge is 0.303 e. The topological polar surface area (TPSA) is 29.7 Å². The summed E-state index contributed by atoms with van der Waals surface area (Å²) in [6, 6.07) is 0. The monoisotopic (exact) mass is 255 g/mol. The smallest absolute Gasteiger partial charge is 0.140 e. The molecule has 0 aliphatic heterocycles. The Kier molecular flexibility index (Phi) is 2.73. The molecule has 0 saturated heterocycles. The number of imidazole rings is 1. The maximum Gasteiger partial charge on any atom is 0.140 e. The second kappa shape index (κ2) is 4.19. The number of fused-ring (bicyclic) bond motifs is 3. The fraction of sp³-hybridized carbons (Fsp3) is 0.500. The molecule has 1 aliphatic carbocycles. The SMILES string of the molecule is CN=C1CC(C)Cc2c1nc1c(C)c(C)c(C)cn21. The molecule has 3 rings (SSSR count). The zero-order valence-electron chi connectivity index (χ0n) is 12.4. The van der Waals surface area contributed by atoms with E-state index in [1.165, 1.54) is 22.4 Å². The lowest BCUT2D eigenvalue weighted by molar-refractivity contribution is 0.578. The molecule has 2 aromatic heterocycles. The van der Waals surface area contributed by atoms with Crippen LogP contribution in [-0.2, 0) is 6.42 Å². The normalized spacial score (nSPS) is 21.1. The fourth-order valence-corrected chi connectivity index (χ4v) is 3.08. The molecule has 0 saturated carbocycles. The average molecular weight is 255 g/mol. The third-order valence-electron chi connectivity index (χ3n) is 4.45. The van der Waals surface area contributed by atoms with Gasteiger partial charge in [0.05, 0.1) is 11.4 Å². The van der Waals surface area contributed by atoms with Gasteiger partial charge in [-0.3, -0.25) is 4.99 Å². The molecule has 2 aromatic rings. The molecule has 2 heterocycles. The number of aromatic nitrogens is 2. The molecule has 0 fully saturated rings. The van der Waals surface area contributed by atoms with Crippen LogP contribution in [0, 0.1) is 26.7 Å². The molecule has 3 nitrogen and oxygen atoms in total. The maximum absolute atomic E-state index is 4.87. The Morgan fingerprint density at radius 1 is 1.21 bits per heavy atom. The standard InChI is InChI=1S/C16H21N3/c1-9-6-13(17-5)15-14(7-9)19-8-10(2)11(3)12(4)16(19)18-15/h8-9H,6-7H2,1-5H3. The Morgan fingerprint density at radius 3 is 2.63 bits per heavy atom. The summed E-state index contributed by atoms with van der Waals surface area (Å²) >= 11 is 0. The number of hydrogen-bond acceptors (Lipinski definition) is 2. The van der Waals surface area contributed by atoms with Crippen molar-refractivity contribution in [2.45, 2.75) is 40.5 Å². The van der Waals surface area contributed by atoms with Crippen molar-refractivity contribution in [3.05, 3.63) is 34.3 Å². The molecule has 0 amide bonds. The van der Waals surface area contributed by atoms with E-state index >= 15 is 0 Å². The molecular formula is C16H21N3. The van der Waals surface area contributed by atoms with Gasteiger partial charge in [0, 0.05) is 13.2 Å². The lowest BCUT2D eigenvalue weighted by atomic mass is 9.90. The van der Waals surface area contributed by atoms with Crippen LogP contribution in [0.15, 0.2) is 11.2 Å². The zero-order valence-corrected chi connectivity index (χ0v) is 12.4. The van der Waals surface area contributed by atoms with Gasteiger partial charge in [-0.1, -0.05) is 6.92 Å². The van der Waals surface area contributed by atoms with Gasteiger partial charge in [-0.2, -0.15) is 0 Å². The fourth-order valence-electron chi connectivity index (χ4n) is 3.08. The highest BCUT2D eigenvalue weighted by Crippen LogP contribution is 2.29. The van der Waals surface area contributed by atoms with Crippen LogP contribution < -0.4 is 0 Å². The van der Waals surface area contributed by atoms with Crippen molar-refractivity contribution in [1.29, 1.82) is 0 Å². The second-order valence-corrected chi connectivity index (χ2v) is 5.85. The van der Waals surface area contributed by atoms with E-state index in [1.807, 2.05) is 7.05 Å². The summed E-state index contributed by atoms with van der Waals surface area (Å²) in [7, 11) is 1.88. The van der Waals surface area contributed by atoms with Crippen molar-refractivity contribution in [3.63, 3.8) is 0 Å². The van der Waals surface area contributed by atoms with Crippen LogP contribution in [0.3, 0.4) is 0 Å². The molecular weight excluding hydrogens is 234 g/mol. The van der Waals surface area contributed by atoms with E-state index in [0.717, 1.165) is 29.9 Å². The Hall–Kier alpha value is -1.64. The van der Waals surface area contributed by atoms with Crippen molar-refractivity contribution >= 4 is 11.4 Å². The molecule has 0 spiro atoms. The van der Waals surface area contributed by atoms with E-state index in [-0.39, 0.29) is 0 Å². The molecule has 0 aromatic carbocycles. The third kappa shape index (κ3) is 1.71. The van der Waals surface area contributed by atoms with Gasteiger partial charge in [0.15, 0.2) is 0 Å². The Balaban J connectivity index is 2.38. The molecule has 100 valence electrons. The number of rotatable bonds is 0. The van der Waals surface area contributed by atoms with Crippen molar-refractivity contribution in [3.8, 4) is 0 Å². The van der Waals surface area contributed by atoms with Crippen molar-refractivity contribution in [1.82, 2.24) is 9.38 Å². The van der Waals surface area contributed by atoms with Crippen molar-refractivity contribution < 1.29 is 0 Å². The molecule has 1 aliphatic rings. The number of aryl methyl sites for hydroxylation is 2. The van der Waals surface area contributed by atoms with Crippen molar-refractivity contribution in [2.75, 3.05) is 7.05 Å². The minimum Gasteiger partial charge on any atom is -0.303 e. The highest BCUT2D eigenvalue weighted by molar-refractivity contribution is 6.01. The molecule has 1 atom stereocenters. The van der Waals surface area contributed by atoms with E-state index in [9.17, 15) is 0 Å². The van der Waals surface area contributed by atoms with E-state index < -0.39 is 0 Å². The number of hydrogen-bond donors (Lipinski definition) is 0. The van der Waals surface area contributed by atoms with E-state index in [2.05, 4.69) is 43.3 Å². The highest BCUT2D eigenvalue weighted by Gasteiger charge is 2.26. The predicted molar refractivity (Wildman–Crippen MR) is 79.3 cm³/mol. The van der Waals surface area contributed by atoms with Crippen LogP contribution in [0.25, 0.3) is 5.65 Å². The van der Waals surface area contributed by atoms with Crippen LogP contribution in [-0.4, -0.2) is 22.1 Å². The first kappa shape index (κ1) is 12.4. The number of pyridine rings is 1. The molecule has 0 radical (unpaired) electrons. The van der Waals surface area contributed by atoms with Gasteiger partial charge in [0.1, 0.15) is 11.3 Å². The summed E-state index contributed by atoms with van der Waals surface area (Å²) in [4.78, 5) is 9.32. The Labute approximate surface area is 114 Å². The lowest BCUT2D eigenvalue weighted by Crippen LogP contribution is -2.19. The number of nitrogens with zero attached hydrogens (tertiary/aromatic N) is 3. The van der Waals surface area contributed by atoms with Gasteiger partial charge in [-0.15, -0.1) is 0 Å².